The Morgan fingerprint density at radius 3 is 2.72 bits per heavy atom. The van der Waals surface area contributed by atoms with Gasteiger partial charge in [0.15, 0.2) is 17.5 Å². The largest absolute Gasteiger partial charge is 0.397 e. The van der Waals surface area contributed by atoms with E-state index in [1.807, 2.05) is 10.6 Å². The second kappa shape index (κ2) is 7.66. The molecule has 0 unspecified atom stereocenters. The molecule has 0 bridgehead atoms. The predicted octanol–water partition coefficient (Wildman–Crippen LogP) is 1.72. The van der Waals surface area contributed by atoms with Gasteiger partial charge in [0.25, 0.3) is 0 Å². The third-order valence-electron chi connectivity index (χ3n) is 5.69. The number of benzene rings is 1. The minimum absolute atomic E-state index is 0.150. The molecule has 154 valence electrons. The zero-order valence-electron chi connectivity index (χ0n) is 15.6. The van der Waals surface area contributed by atoms with Crippen LogP contribution in [0.15, 0.2) is 40.6 Å². The van der Waals surface area contributed by atoms with Crippen LogP contribution in [-0.2, 0) is 11.3 Å². The average molecular weight is 405 g/mol. The molecule has 1 aromatic heterocycles. The zero-order valence-corrected chi connectivity index (χ0v) is 15.6. The summed E-state index contributed by atoms with van der Waals surface area (Å²) in [5.74, 6) is -2.42. The molecule has 1 aliphatic carbocycles. The van der Waals surface area contributed by atoms with Crippen molar-refractivity contribution >= 4 is 12.1 Å². The third-order valence-corrected chi connectivity index (χ3v) is 5.69. The van der Waals surface area contributed by atoms with Crippen LogP contribution >= 0.6 is 0 Å². The maximum absolute atomic E-state index is 13.6. The zero-order chi connectivity index (χ0) is 20.7. The minimum Gasteiger partial charge on any atom is -0.397 e. The second-order valence-electron chi connectivity index (χ2n) is 7.26. The predicted molar refractivity (Wildman–Crippen MR) is 101 cm³/mol. The second-order valence-corrected chi connectivity index (χ2v) is 7.26. The van der Waals surface area contributed by atoms with Crippen LogP contribution in [0, 0.1) is 17.6 Å². The van der Waals surface area contributed by atoms with Gasteiger partial charge in [0, 0.05) is 36.0 Å². The Morgan fingerprint density at radius 2 is 2.00 bits per heavy atom. The van der Waals surface area contributed by atoms with Crippen LogP contribution in [-0.4, -0.2) is 51.3 Å². The molecule has 3 N–H and O–H groups in total. The lowest BCUT2D eigenvalue weighted by molar-refractivity contribution is -0.0268. The molecule has 0 radical (unpaired) electrons. The van der Waals surface area contributed by atoms with Gasteiger partial charge in [0.1, 0.15) is 13.2 Å². The summed E-state index contributed by atoms with van der Waals surface area (Å²) in [7, 11) is 1.43. The quantitative estimate of drug-likeness (QED) is 0.675. The van der Waals surface area contributed by atoms with Gasteiger partial charge in [-0.15, -0.1) is 0 Å². The number of amidine groups is 1. The molecule has 2 aliphatic rings. The van der Waals surface area contributed by atoms with Crippen molar-refractivity contribution in [2.75, 3.05) is 7.11 Å². The molecule has 2 aromatic rings. The van der Waals surface area contributed by atoms with Crippen molar-refractivity contribution in [3.63, 3.8) is 0 Å². The van der Waals surface area contributed by atoms with Crippen molar-refractivity contribution in [2.24, 2.45) is 16.1 Å². The van der Waals surface area contributed by atoms with Gasteiger partial charge < -0.3 is 24.7 Å². The van der Waals surface area contributed by atoms with Crippen LogP contribution < -0.4 is 0 Å². The molecule has 0 amide bonds. The molecule has 4 rings (SSSR count). The molecule has 1 saturated carbocycles. The Morgan fingerprint density at radius 1 is 1.21 bits per heavy atom. The summed E-state index contributed by atoms with van der Waals surface area (Å²) in [5.41, 5.74) is 1.77. The fourth-order valence-electron chi connectivity index (χ4n) is 4.23. The highest BCUT2D eigenvalue weighted by Crippen LogP contribution is 2.43. The van der Waals surface area contributed by atoms with E-state index in [0.717, 1.165) is 23.4 Å². The number of oxime groups is 1. The van der Waals surface area contributed by atoms with Gasteiger partial charge in [-0.2, -0.15) is 0 Å². The maximum atomic E-state index is 13.6. The van der Waals surface area contributed by atoms with E-state index in [1.165, 1.54) is 13.2 Å². The van der Waals surface area contributed by atoms with Gasteiger partial charge in [0.2, 0.25) is 0 Å². The van der Waals surface area contributed by atoms with E-state index in [9.17, 15) is 24.1 Å². The Hall–Kier alpha value is -2.62. The molecule has 9 heteroatoms. The smallest absolute Gasteiger partial charge is 0.200 e. The van der Waals surface area contributed by atoms with E-state index in [-0.39, 0.29) is 12.0 Å². The van der Waals surface area contributed by atoms with Crippen LogP contribution in [0.25, 0.3) is 0 Å². The molecule has 7 nitrogen and oxygen atoms in total. The number of hydrogen-bond donors (Lipinski definition) is 3. The van der Waals surface area contributed by atoms with E-state index in [2.05, 4.69) is 10.1 Å². The van der Waals surface area contributed by atoms with Crippen LogP contribution in [0.1, 0.15) is 35.4 Å². The first kappa shape index (κ1) is 19.7. The first-order valence-electron chi connectivity index (χ1n) is 9.25. The molecule has 0 spiro atoms. The van der Waals surface area contributed by atoms with Crippen LogP contribution in [0.3, 0.4) is 0 Å². The molecule has 5 atom stereocenters. The third kappa shape index (κ3) is 3.35. The van der Waals surface area contributed by atoms with Crippen molar-refractivity contribution in [1.29, 1.82) is 0 Å². The van der Waals surface area contributed by atoms with E-state index in [4.69, 9.17) is 4.84 Å². The number of hydrogen-bond acceptors (Lipinski definition) is 5. The molecule has 0 saturated heterocycles. The fraction of sp³-hybridized carbons (Fsp3) is 0.400. The van der Waals surface area contributed by atoms with Crippen LogP contribution in [0.4, 0.5) is 8.78 Å². The van der Waals surface area contributed by atoms with Crippen molar-refractivity contribution in [3.8, 4) is 0 Å². The summed E-state index contributed by atoms with van der Waals surface area (Å²) in [6.07, 6.45) is 0.597. The lowest BCUT2D eigenvalue weighted by atomic mass is 9.92. The number of fused-ring (bicyclic) bond motifs is 1. The SMILES string of the molecule is CO/N=C1\N=CCc2c1ccn2[C@@H]1C[C@H]([C@H](O)c2ccc(F)c(F)c2)[C@@H](O)[C@H]1O. The Labute approximate surface area is 165 Å². The summed E-state index contributed by atoms with van der Waals surface area (Å²) in [4.78, 5) is 9.01. The average Bonchev–Trinajstić information content (AvgIpc) is 3.26. The van der Waals surface area contributed by atoms with Gasteiger partial charge >= 0.3 is 0 Å². The molecule has 1 aliphatic heterocycles. The van der Waals surface area contributed by atoms with Gasteiger partial charge in [-0.25, -0.2) is 13.8 Å². The summed E-state index contributed by atoms with van der Waals surface area (Å²) in [6, 6.07) is 4.42. The first-order chi connectivity index (χ1) is 13.9. The highest BCUT2D eigenvalue weighted by molar-refractivity contribution is 6.06. The Kier molecular flexibility index (Phi) is 5.20. The van der Waals surface area contributed by atoms with Gasteiger partial charge in [-0.1, -0.05) is 11.2 Å². The Balaban J connectivity index is 1.62. The lowest BCUT2D eigenvalue weighted by Gasteiger charge is -2.22. The van der Waals surface area contributed by atoms with E-state index in [0.29, 0.717) is 12.3 Å². The monoisotopic (exact) mass is 405 g/mol. The lowest BCUT2D eigenvalue weighted by Crippen LogP contribution is -2.32. The number of aliphatic hydroxyl groups excluding tert-OH is 3. The summed E-state index contributed by atoms with van der Waals surface area (Å²) >= 11 is 0. The molecule has 1 fully saturated rings. The molecular weight excluding hydrogens is 384 g/mol. The highest BCUT2D eigenvalue weighted by Gasteiger charge is 2.46. The van der Waals surface area contributed by atoms with Crippen molar-refractivity contribution in [3.05, 3.63) is 58.9 Å². The topological polar surface area (TPSA) is 99.6 Å². The standard InChI is InChI=1S/C20H21F2N3O4/c1-29-24-20-11-5-7-25(15(11)4-6-23-20)16-9-12(18(27)19(16)28)17(26)10-2-3-13(21)14(22)8-10/h2-3,5-8,12,16-19,26-28H,4,9H2,1H3/b24-20-/t12-,16-,17-,18-,19+/m1/s1. The molecule has 1 aromatic carbocycles. The number of aromatic nitrogens is 1. The summed E-state index contributed by atoms with van der Waals surface area (Å²) < 4.78 is 28.6. The number of aliphatic imine (C=N–C) groups is 1. The van der Waals surface area contributed by atoms with Crippen LogP contribution in [0.5, 0.6) is 0 Å². The van der Waals surface area contributed by atoms with Gasteiger partial charge in [-0.05, 0) is 30.2 Å². The number of rotatable bonds is 4. The van der Waals surface area contributed by atoms with E-state index in [1.54, 1.807) is 12.4 Å². The first-order valence-corrected chi connectivity index (χ1v) is 9.25. The summed E-state index contributed by atoms with van der Waals surface area (Å²) in [6.45, 7) is 0. The molecular formula is C20H21F2N3O4. The van der Waals surface area contributed by atoms with Crippen LogP contribution in [0.2, 0.25) is 0 Å². The number of nitrogens with zero attached hydrogens (tertiary/aromatic N) is 3. The van der Waals surface area contributed by atoms with Crippen molar-refractivity contribution in [1.82, 2.24) is 4.57 Å². The summed E-state index contributed by atoms with van der Waals surface area (Å²) in [5, 5.41) is 35.8. The fourth-order valence-corrected chi connectivity index (χ4v) is 4.23. The minimum atomic E-state index is -1.25. The van der Waals surface area contributed by atoms with Crippen molar-refractivity contribution in [2.45, 2.75) is 37.2 Å². The number of halogens is 2. The maximum Gasteiger partial charge on any atom is 0.200 e. The van der Waals surface area contributed by atoms with Gasteiger partial charge in [0.05, 0.1) is 18.2 Å². The molecule has 2 heterocycles. The van der Waals surface area contributed by atoms with E-state index >= 15 is 0 Å². The number of aliphatic hydroxyl groups is 3. The Bertz CT molecular complexity index is 975. The van der Waals surface area contributed by atoms with Gasteiger partial charge in [-0.3, -0.25) is 0 Å². The highest BCUT2D eigenvalue weighted by atomic mass is 19.2. The van der Waals surface area contributed by atoms with E-state index < -0.39 is 41.9 Å². The normalized spacial score (nSPS) is 28.6. The molecule has 29 heavy (non-hydrogen) atoms. The van der Waals surface area contributed by atoms with Crippen molar-refractivity contribution < 1.29 is 28.9 Å².